The van der Waals surface area contributed by atoms with Gasteiger partial charge in [-0.3, -0.25) is 0 Å². The number of aliphatic hydroxyl groups excluding tert-OH is 1. The van der Waals surface area contributed by atoms with Gasteiger partial charge in [0, 0.05) is 24.5 Å². The molecule has 1 fully saturated rings. The summed E-state index contributed by atoms with van der Waals surface area (Å²) in [7, 11) is 11.2. The number of aliphatic hydroxyl groups is 1. The summed E-state index contributed by atoms with van der Waals surface area (Å²) in [5.74, 6) is -5.17. The Kier molecular flexibility index (Phi) is 5.76. The molecule has 1 aromatic heterocycles. The SMILES string of the molecule is [B]C1([B])CCC(c2nc(NC3CC(F)(F)C3)nc(N[C@@H](C)C(F)(F)F)n2)=C(F)C1O. The molecular weight excluding hydrogens is 414 g/mol. The Balaban J connectivity index is 1.94. The fraction of sp³-hybridized carbons (Fsp3) is 0.688. The first-order valence-electron chi connectivity index (χ1n) is 9.06. The predicted octanol–water partition coefficient (Wildman–Crippen LogP) is 2.73. The van der Waals surface area contributed by atoms with E-state index in [0.717, 1.165) is 6.92 Å². The zero-order valence-corrected chi connectivity index (χ0v) is 15.8. The van der Waals surface area contributed by atoms with Crippen LogP contribution in [0, 0.1) is 0 Å². The highest BCUT2D eigenvalue weighted by atomic mass is 19.4. The molecule has 0 aromatic carbocycles. The minimum Gasteiger partial charge on any atom is -0.387 e. The van der Waals surface area contributed by atoms with Gasteiger partial charge in [0.1, 0.15) is 11.9 Å². The van der Waals surface area contributed by atoms with Crippen LogP contribution in [0.4, 0.5) is 38.2 Å². The van der Waals surface area contributed by atoms with Crippen molar-refractivity contribution in [2.45, 2.75) is 68.1 Å². The quantitative estimate of drug-likeness (QED) is 0.492. The number of hydrogen-bond donors (Lipinski definition) is 3. The van der Waals surface area contributed by atoms with Gasteiger partial charge in [0.25, 0.3) is 5.92 Å². The number of anilines is 2. The number of halogens is 6. The molecule has 2 aliphatic rings. The molecule has 1 saturated carbocycles. The van der Waals surface area contributed by atoms with Crippen LogP contribution in [0.3, 0.4) is 0 Å². The van der Waals surface area contributed by atoms with Gasteiger partial charge in [0.15, 0.2) is 5.82 Å². The third kappa shape index (κ3) is 4.84. The van der Waals surface area contributed by atoms with E-state index in [-0.39, 0.29) is 30.2 Å². The van der Waals surface area contributed by atoms with Crippen LogP contribution in [0.2, 0.25) is 5.21 Å². The number of aromatic nitrogens is 3. The van der Waals surface area contributed by atoms with Crippen LogP contribution >= 0.6 is 0 Å². The first kappa shape index (κ1) is 22.7. The molecular formula is C16H17B2F6N5O. The van der Waals surface area contributed by atoms with E-state index in [1.54, 1.807) is 0 Å². The van der Waals surface area contributed by atoms with Crippen LogP contribution in [0.5, 0.6) is 0 Å². The maximum atomic E-state index is 14.6. The molecule has 2 aliphatic carbocycles. The predicted molar refractivity (Wildman–Crippen MR) is 98.0 cm³/mol. The third-order valence-electron chi connectivity index (χ3n) is 5.01. The molecule has 0 bridgehead atoms. The Hall–Kier alpha value is -1.98. The number of allylic oxidation sites excluding steroid dienone is 1. The van der Waals surface area contributed by atoms with Gasteiger partial charge in [-0.15, -0.1) is 0 Å². The van der Waals surface area contributed by atoms with Crippen LogP contribution in [0.15, 0.2) is 5.83 Å². The van der Waals surface area contributed by atoms with Gasteiger partial charge < -0.3 is 15.7 Å². The highest BCUT2D eigenvalue weighted by Gasteiger charge is 2.46. The van der Waals surface area contributed by atoms with Crippen molar-refractivity contribution in [1.82, 2.24) is 15.0 Å². The normalized spacial score (nSPS) is 24.9. The van der Waals surface area contributed by atoms with Gasteiger partial charge in [-0.1, -0.05) is 11.6 Å². The molecule has 4 radical (unpaired) electrons. The highest BCUT2D eigenvalue weighted by Crippen LogP contribution is 2.44. The van der Waals surface area contributed by atoms with Gasteiger partial charge in [0.05, 0.1) is 21.8 Å². The first-order chi connectivity index (χ1) is 13.7. The molecule has 0 aliphatic heterocycles. The average Bonchev–Trinajstić information content (AvgIpc) is 2.57. The first-order valence-corrected chi connectivity index (χ1v) is 9.06. The van der Waals surface area contributed by atoms with E-state index < -0.39 is 60.1 Å². The molecule has 0 saturated heterocycles. The van der Waals surface area contributed by atoms with Crippen molar-refractivity contribution >= 4 is 33.2 Å². The lowest BCUT2D eigenvalue weighted by atomic mass is 9.47. The third-order valence-corrected chi connectivity index (χ3v) is 5.01. The van der Waals surface area contributed by atoms with Crippen molar-refractivity contribution in [2.75, 3.05) is 10.6 Å². The van der Waals surface area contributed by atoms with Gasteiger partial charge in [-0.2, -0.15) is 28.1 Å². The topological polar surface area (TPSA) is 83.0 Å². The minimum absolute atomic E-state index is 0.0536. The number of nitrogens with one attached hydrogen (secondary N) is 2. The lowest BCUT2D eigenvalue weighted by Gasteiger charge is -2.36. The van der Waals surface area contributed by atoms with Crippen LogP contribution in [0.1, 0.15) is 38.4 Å². The van der Waals surface area contributed by atoms with Gasteiger partial charge in [-0.25, -0.2) is 13.2 Å². The van der Waals surface area contributed by atoms with E-state index in [0.29, 0.717) is 0 Å². The van der Waals surface area contributed by atoms with E-state index in [1.807, 2.05) is 5.32 Å². The molecule has 160 valence electrons. The fourth-order valence-corrected chi connectivity index (χ4v) is 3.08. The summed E-state index contributed by atoms with van der Waals surface area (Å²) in [5, 5.41) is 12.9. The number of rotatable bonds is 5. The molecule has 30 heavy (non-hydrogen) atoms. The van der Waals surface area contributed by atoms with E-state index in [2.05, 4.69) is 20.3 Å². The van der Waals surface area contributed by atoms with E-state index in [1.165, 1.54) is 0 Å². The van der Waals surface area contributed by atoms with Crippen LogP contribution in [-0.4, -0.2) is 66.0 Å². The van der Waals surface area contributed by atoms with Gasteiger partial charge in [-0.05, 0) is 13.3 Å². The molecule has 0 amide bonds. The monoisotopic (exact) mass is 431 g/mol. The van der Waals surface area contributed by atoms with Crippen molar-refractivity contribution in [3.05, 3.63) is 11.7 Å². The van der Waals surface area contributed by atoms with Crippen molar-refractivity contribution in [3.63, 3.8) is 0 Å². The fourth-order valence-electron chi connectivity index (χ4n) is 3.08. The Morgan fingerprint density at radius 1 is 1.13 bits per heavy atom. The second-order valence-corrected chi connectivity index (χ2v) is 7.66. The van der Waals surface area contributed by atoms with Crippen LogP contribution in [-0.2, 0) is 0 Å². The molecule has 3 N–H and O–H groups in total. The van der Waals surface area contributed by atoms with Gasteiger partial charge >= 0.3 is 6.18 Å². The summed E-state index contributed by atoms with van der Waals surface area (Å²) < 4.78 is 79.4. The van der Waals surface area contributed by atoms with E-state index >= 15 is 0 Å². The molecule has 1 heterocycles. The maximum Gasteiger partial charge on any atom is 0.408 e. The van der Waals surface area contributed by atoms with Crippen LogP contribution in [0.25, 0.3) is 5.57 Å². The molecule has 1 unspecified atom stereocenters. The summed E-state index contributed by atoms with van der Waals surface area (Å²) in [5.41, 5.74) is -0.207. The van der Waals surface area contributed by atoms with Crippen LogP contribution < -0.4 is 10.6 Å². The molecule has 3 rings (SSSR count). The summed E-state index contributed by atoms with van der Waals surface area (Å²) in [6.07, 6.45) is -7.66. The second-order valence-electron chi connectivity index (χ2n) is 7.66. The standard InChI is InChI=1S/C16H17B2F6N5O/c1-6(16(22,23)24)25-12-27-11(8-2-3-15(17,18)10(30)9(8)19)28-13(29-12)26-7-4-14(20,21)5-7/h6-7,10,30H,2-5H2,1H3,(H2,25,26,27,28,29)/t6-,10?/m0/s1. The average molecular weight is 431 g/mol. The largest absolute Gasteiger partial charge is 0.408 e. The summed E-state index contributed by atoms with van der Waals surface area (Å²) in [6, 6.07) is -2.76. The van der Waals surface area contributed by atoms with E-state index in [4.69, 9.17) is 15.7 Å². The number of nitrogens with zero attached hydrogens (tertiary/aromatic N) is 3. The zero-order chi connectivity index (χ0) is 22.5. The second kappa shape index (κ2) is 7.61. The maximum absolute atomic E-state index is 14.6. The Morgan fingerprint density at radius 2 is 1.73 bits per heavy atom. The summed E-state index contributed by atoms with van der Waals surface area (Å²) in [6.45, 7) is 0.824. The van der Waals surface area contributed by atoms with Gasteiger partial charge in [0.2, 0.25) is 11.9 Å². The molecule has 1 aromatic rings. The molecule has 2 atom stereocenters. The summed E-state index contributed by atoms with van der Waals surface area (Å²) in [4.78, 5) is 11.5. The van der Waals surface area contributed by atoms with Crippen molar-refractivity contribution in [2.24, 2.45) is 0 Å². The lowest BCUT2D eigenvalue weighted by molar-refractivity contribution is -0.138. The smallest absolute Gasteiger partial charge is 0.387 e. The Morgan fingerprint density at radius 3 is 2.30 bits per heavy atom. The number of hydrogen-bond acceptors (Lipinski definition) is 6. The van der Waals surface area contributed by atoms with Crippen molar-refractivity contribution in [1.29, 1.82) is 0 Å². The van der Waals surface area contributed by atoms with Crippen molar-refractivity contribution in [3.8, 4) is 0 Å². The van der Waals surface area contributed by atoms with E-state index in [9.17, 15) is 31.4 Å². The molecule has 14 heteroatoms. The Labute approximate surface area is 170 Å². The minimum atomic E-state index is -4.62. The highest BCUT2D eigenvalue weighted by molar-refractivity contribution is 6.40. The lowest BCUT2D eigenvalue weighted by Crippen LogP contribution is -2.44. The van der Waals surface area contributed by atoms with Crippen molar-refractivity contribution < 1.29 is 31.4 Å². The zero-order valence-electron chi connectivity index (χ0n) is 15.8. The molecule has 0 spiro atoms. The Bertz CT molecular complexity index is 842. The molecule has 6 nitrogen and oxygen atoms in total. The number of alkyl halides is 5. The summed E-state index contributed by atoms with van der Waals surface area (Å²) >= 11 is 0.